The van der Waals surface area contributed by atoms with Crippen molar-refractivity contribution in [2.45, 2.75) is 0 Å². The molecule has 6 nitrogen and oxygen atoms in total. The molecule has 0 radical (unpaired) electrons. The first-order valence-corrected chi connectivity index (χ1v) is 7.95. The molecular weight excluding hydrogens is 406 g/mol. The van der Waals surface area contributed by atoms with Gasteiger partial charge in [0.2, 0.25) is 0 Å². The van der Waals surface area contributed by atoms with Crippen LogP contribution in [0, 0.1) is 0 Å². The lowest BCUT2D eigenvalue weighted by atomic mass is 10.2. The summed E-state index contributed by atoms with van der Waals surface area (Å²) in [6.07, 6.45) is 1.52. The summed E-state index contributed by atoms with van der Waals surface area (Å²) in [7, 11) is 0. The van der Waals surface area contributed by atoms with Gasteiger partial charge in [-0.05, 0) is 49.6 Å². The second-order valence-corrected chi connectivity index (χ2v) is 6.22. The molecule has 0 aliphatic carbocycles. The molecule has 21 heavy (non-hydrogen) atoms. The molecule has 0 spiro atoms. The molecule has 1 aliphatic heterocycles. The van der Waals surface area contributed by atoms with Gasteiger partial charge in [0.15, 0.2) is 0 Å². The van der Waals surface area contributed by atoms with Gasteiger partial charge in [-0.3, -0.25) is 9.69 Å². The van der Waals surface area contributed by atoms with Gasteiger partial charge < -0.3 is 9.84 Å². The summed E-state index contributed by atoms with van der Waals surface area (Å²) in [5.41, 5.74) is 3.24. The number of rotatable bonds is 4. The zero-order valence-electron chi connectivity index (χ0n) is 11.2. The smallest absolute Gasteiger partial charge is 0.254 e. The van der Waals surface area contributed by atoms with Crippen molar-refractivity contribution < 1.29 is 14.6 Å². The van der Waals surface area contributed by atoms with Gasteiger partial charge >= 0.3 is 0 Å². The summed E-state index contributed by atoms with van der Waals surface area (Å²) in [5.74, 6) is -0.0337. The van der Waals surface area contributed by atoms with Crippen molar-refractivity contribution in [3.05, 3.63) is 26.6 Å². The number of morpholine rings is 1. The summed E-state index contributed by atoms with van der Waals surface area (Å²) in [6, 6.07) is 3.41. The van der Waals surface area contributed by atoms with Crippen LogP contribution in [0.25, 0.3) is 0 Å². The highest BCUT2D eigenvalue weighted by Gasteiger charge is 2.13. The van der Waals surface area contributed by atoms with Crippen LogP contribution in [0.1, 0.15) is 5.56 Å². The minimum Gasteiger partial charge on any atom is -0.506 e. The lowest BCUT2D eigenvalue weighted by Gasteiger charge is -2.25. The van der Waals surface area contributed by atoms with E-state index in [1.807, 2.05) is 4.90 Å². The Kier molecular flexibility index (Phi) is 6.16. The van der Waals surface area contributed by atoms with Crippen LogP contribution in [-0.2, 0) is 9.53 Å². The van der Waals surface area contributed by atoms with E-state index in [0.29, 0.717) is 28.7 Å². The molecule has 1 aromatic carbocycles. The predicted octanol–water partition coefficient (Wildman–Crippen LogP) is 1.70. The second-order valence-electron chi connectivity index (χ2n) is 4.51. The maximum atomic E-state index is 11.7. The van der Waals surface area contributed by atoms with Crippen molar-refractivity contribution in [3.8, 4) is 5.75 Å². The topological polar surface area (TPSA) is 74.2 Å². The molecule has 1 amide bonds. The van der Waals surface area contributed by atoms with E-state index >= 15 is 0 Å². The van der Waals surface area contributed by atoms with Crippen LogP contribution in [0.3, 0.4) is 0 Å². The number of nitrogens with zero attached hydrogens (tertiary/aromatic N) is 2. The lowest BCUT2D eigenvalue weighted by Crippen LogP contribution is -2.42. The number of halogens is 2. The van der Waals surface area contributed by atoms with Crippen LogP contribution >= 0.6 is 31.9 Å². The van der Waals surface area contributed by atoms with Crippen LogP contribution in [-0.4, -0.2) is 55.0 Å². The quantitative estimate of drug-likeness (QED) is 0.574. The fourth-order valence-corrected chi connectivity index (χ4v) is 3.06. The van der Waals surface area contributed by atoms with E-state index in [9.17, 15) is 9.90 Å². The summed E-state index contributed by atoms with van der Waals surface area (Å²) < 4.78 is 6.33. The van der Waals surface area contributed by atoms with Crippen LogP contribution in [0.2, 0.25) is 0 Å². The van der Waals surface area contributed by atoms with Gasteiger partial charge in [0.25, 0.3) is 5.91 Å². The van der Waals surface area contributed by atoms with Crippen LogP contribution in [0.5, 0.6) is 5.75 Å². The molecule has 8 heteroatoms. The number of hydrogen-bond donors (Lipinski definition) is 2. The summed E-state index contributed by atoms with van der Waals surface area (Å²) in [4.78, 5) is 13.7. The standard InChI is InChI=1S/C13H15Br2N3O3/c14-10-5-9(6-11(15)13(10)20)7-16-17-12(19)8-18-1-3-21-4-2-18/h5-7,20H,1-4,8H2,(H,17,19)/b16-7-. The van der Waals surface area contributed by atoms with Crippen LogP contribution < -0.4 is 5.43 Å². The van der Waals surface area contributed by atoms with Gasteiger partial charge in [0.1, 0.15) is 5.75 Å². The number of carbonyl (C=O) groups is 1. The van der Waals surface area contributed by atoms with Gasteiger partial charge in [-0.25, -0.2) is 5.43 Å². The highest BCUT2D eigenvalue weighted by molar-refractivity contribution is 9.11. The zero-order valence-corrected chi connectivity index (χ0v) is 14.4. The average molecular weight is 421 g/mol. The average Bonchev–Trinajstić information content (AvgIpc) is 2.45. The number of hydrazone groups is 1. The predicted molar refractivity (Wildman–Crippen MR) is 86.5 cm³/mol. The number of aromatic hydroxyl groups is 1. The van der Waals surface area contributed by atoms with E-state index in [0.717, 1.165) is 18.7 Å². The highest BCUT2D eigenvalue weighted by atomic mass is 79.9. The third-order valence-electron chi connectivity index (χ3n) is 2.91. The molecule has 1 aliphatic rings. The fraction of sp³-hybridized carbons (Fsp3) is 0.385. The molecule has 2 rings (SSSR count). The minimum absolute atomic E-state index is 0.128. The van der Waals surface area contributed by atoms with E-state index in [2.05, 4.69) is 42.4 Å². The van der Waals surface area contributed by atoms with E-state index < -0.39 is 0 Å². The maximum absolute atomic E-state index is 11.7. The van der Waals surface area contributed by atoms with Gasteiger partial charge in [-0.2, -0.15) is 5.10 Å². The number of benzene rings is 1. The maximum Gasteiger partial charge on any atom is 0.254 e. The first-order valence-electron chi connectivity index (χ1n) is 6.36. The van der Waals surface area contributed by atoms with Gasteiger partial charge in [0.05, 0.1) is 34.9 Å². The van der Waals surface area contributed by atoms with Crippen molar-refractivity contribution in [1.29, 1.82) is 0 Å². The van der Waals surface area contributed by atoms with E-state index in [1.54, 1.807) is 12.1 Å². The first kappa shape index (κ1) is 16.4. The van der Waals surface area contributed by atoms with Crippen LogP contribution in [0.4, 0.5) is 0 Å². The number of phenols is 1. The SMILES string of the molecule is O=C(CN1CCOCC1)N/N=C\c1cc(Br)c(O)c(Br)c1. The number of nitrogens with one attached hydrogen (secondary N) is 1. The molecule has 1 heterocycles. The highest BCUT2D eigenvalue weighted by Crippen LogP contribution is 2.32. The van der Waals surface area contributed by atoms with Gasteiger partial charge in [-0.1, -0.05) is 0 Å². The summed E-state index contributed by atoms with van der Waals surface area (Å²) in [6.45, 7) is 3.14. The molecule has 114 valence electrons. The molecule has 0 atom stereocenters. The van der Waals surface area contributed by atoms with Crippen molar-refractivity contribution in [1.82, 2.24) is 10.3 Å². The molecule has 0 bridgehead atoms. The number of amides is 1. The molecule has 0 aromatic heterocycles. The number of ether oxygens (including phenoxy) is 1. The molecule has 1 fully saturated rings. The Bertz CT molecular complexity index is 522. The second kappa shape index (κ2) is 7.88. The Morgan fingerprint density at radius 3 is 2.62 bits per heavy atom. The van der Waals surface area contributed by atoms with Gasteiger partial charge in [-0.15, -0.1) is 0 Å². The normalized spacial score (nSPS) is 16.3. The zero-order chi connectivity index (χ0) is 15.2. The van der Waals surface area contributed by atoms with Crippen molar-refractivity contribution in [3.63, 3.8) is 0 Å². The largest absolute Gasteiger partial charge is 0.506 e. The van der Waals surface area contributed by atoms with Gasteiger partial charge in [0, 0.05) is 13.1 Å². The van der Waals surface area contributed by atoms with Crippen molar-refractivity contribution >= 4 is 44.0 Å². The monoisotopic (exact) mass is 419 g/mol. The number of carbonyl (C=O) groups excluding carboxylic acids is 1. The molecule has 0 unspecified atom stereocenters. The Balaban J connectivity index is 1.85. The molecule has 2 N–H and O–H groups in total. The fourth-order valence-electron chi connectivity index (χ4n) is 1.84. The van der Waals surface area contributed by atoms with Crippen molar-refractivity contribution in [2.75, 3.05) is 32.8 Å². The third-order valence-corrected chi connectivity index (χ3v) is 4.12. The summed E-state index contributed by atoms with van der Waals surface area (Å²) in [5, 5.41) is 13.5. The first-order chi connectivity index (χ1) is 10.1. The van der Waals surface area contributed by atoms with Crippen molar-refractivity contribution in [2.24, 2.45) is 5.10 Å². The number of phenolic OH excluding ortho intramolecular Hbond substituents is 1. The van der Waals surface area contributed by atoms with E-state index in [4.69, 9.17) is 4.74 Å². The van der Waals surface area contributed by atoms with Crippen LogP contribution in [0.15, 0.2) is 26.2 Å². The molecule has 0 saturated carbocycles. The molecule has 1 saturated heterocycles. The number of hydrogen-bond acceptors (Lipinski definition) is 5. The van der Waals surface area contributed by atoms with E-state index in [-0.39, 0.29) is 11.7 Å². The minimum atomic E-state index is -0.162. The molecular formula is C13H15Br2N3O3. The third kappa shape index (κ3) is 5.06. The van der Waals surface area contributed by atoms with E-state index in [1.165, 1.54) is 6.21 Å². The Morgan fingerprint density at radius 2 is 2.00 bits per heavy atom. The Hall–Kier alpha value is -0.960. The Labute approximate surface area is 139 Å². The summed E-state index contributed by atoms with van der Waals surface area (Å²) >= 11 is 6.47. The molecule has 1 aromatic rings. The lowest BCUT2D eigenvalue weighted by molar-refractivity contribution is -0.123. The Morgan fingerprint density at radius 1 is 1.38 bits per heavy atom.